The molecule has 0 aliphatic rings. The number of amides is 1. The van der Waals surface area contributed by atoms with E-state index in [2.05, 4.69) is 15.3 Å². The molecule has 1 amide bonds. The minimum absolute atomic E-state index is 0.110. The number of nitrogens with one attached hydrogen (secondary N) is 1. The molecule has 0 atom stereocenters. The van der Waals surface area contributed by atoms with Crippen LogP contribution in [0.25, 0.3) is 0 Å². The number of aromatic nitrogens is 2. The lowest BCUT2D eigenvalue weighted by atomic mass is 10.1. The molecule has 0 aliphatic heterocycles. The number of anilines is 1. The zero-order valence-corrected chi connectivity index (χ0v) is 11.8. The average Bonchev–Trinajstić information content (AvgIpc) is 2.54. The highest BCUT2D eigenvalue weighted by atomic mass is 16.5. The van der Waals surface area contributed by atoms with Crippen LogP contribution in [0, 0.1) is 0 Å². The minimum Gasteiger partial charge on any atom is -0.481 e. The van der Waals surface area contributed by atoms with E-state index in [1.54, 1.807) is 24.3 Å². The maximum absolute atomic E-state index is 12.1. The van der Waals surface area contributed by atoms with E-state index < -0.39 is 0 Å². The number of hydrogen-bond acceptors (Lipinski definition) is 6. The van der Waals surface area contributed by atoms with E-state index in [4.69, 9.17) is 15.2 Å². The van der Waals surface area contributed by atoms with Gasteiger partial charge in [-0.05, 0) is 17.7 Å². The fourth-order valence-corrected chi connectivity index (χ4v) is 1.63. The van der Waals surface area contributed by atoms with Crippen molar-refractivity contribution >= 4 is 11.9 Å². The number of carbonyl (C=O) groups is 1. The summed E-state index contributed by atoms with van der Waals surface area (Å²) in [4.78, 5) is 20.2. The van der Waals surface area contributed by atoms with Gasteiger partial charge in [-0.1, -0.05) is 12.1 Å². The van der Waals surface area contributed by atoms with Gasteiger partial charge < -0.3 is 15.2 Å². The minimum atomic E-state index is -0.325. The fraction of sp³-hybridized carbons (Fsp3) is 0.214. The first-order valence-electron chi connectivity index (χ1n) is 6.23. The number of rotatable bonds is 5. The molecule has 0 spiro atoms. The number of ether oxygens (including phenoxy) is 2. The second kappa shape index (κ2) is 6.67. The summed E-state index contributed by atoms with van der Waals surface area (Å²) in [6, 6.07) is 8.49. The van der Waals surface area contributed by atoms with E-state index >= 15 is 0 Å². The van der Waals surface area contributed by atoms with Gasteiger partial charge >= 0.3 is 0 Å². The van der Waals surface area contributed by atoms with Crippen LogP contribution < -0.4 is 20.5 Å². The van der Waals surface area contributed by atoms with E-state index in [-0.39, 0.29) is 11.9 Å². The molecule has 0 radical (unpaired) electrons. The average molecular weight is 288 g/mol. The number of methoxy groups -OCH3 is 2. The van der Waals surface area contributed by atoms with E-state index in [1.165, 1.54) is 20.3 Å². The van der Waals surface area contributed by atoms with Gasteiger partial charge in [0.05, 0.1) is 20.3 Å². The number of hydrogen-bond donors (Lipinski definition) is 2. The maximum atomic E-state index is 12.1. The molecular weight excluding hydrogens is 272 g/mol. The van der Waals surface area contributed by atoms with Gasteiger partial charge in [0.1, 0.15) is 0 Å². The topological polar surface area (TPSA) is 99.4 Å². The van der Waals surface area contributed by atoms with E-state index in [0.717, 1.165) is 5.56 Å². The number of carbonyl (C=O) groups excluding carboxylic acids is 1. The van der Waals surface area contributed by atoms with Crippen LogP contribution in [0.2, 0.25) is 0 Å². The zero-order chi connectivity index (χ0) is 15.2. The lowest BCUT2D eigenvalue weighted by Crippen LogP contribution is -2.15. The van der Waals surface area contributed by atoms with Gasteiger partial charge in [0.2, 0.25) is 17.7 Å². The Morgan fingerprint density at radius 3 is 2.19 bits per heavy atom. The summed E-state index contributed by atoms with van der Waals surface area (Å²) in [6.07, 6.45) is 0. The molecule has 2 aromatic rings. The van der Waals surface area contributed by atoms with Crippen LogP contribution in [0.4, 0.5) is 5.95 Å². The molecule has 3 N–H and O–H groups in total. The standard InChI is InChI=1S/C14H16N4O3/c1-20-11-7-12(21-2)17-14(16-11)18-13(19)10-5-3-9(8-15)4-6-10/h3-7H,8,15H2,1-2H3,(H,16,17,18,19). The quantitative estimate of drug-likeness (QED) is 0.857. The summed E-state index contributed by atoms with van der Waals surface area (Å²) < 4.78 is 10.0. The Labute approximate surface area is 122 Å². The van der Waals surface area contributed by atoms with Gasteiger partial charge in [-0.3, -0.25) is 10.1 Å². The van der Waals surface area contributed by atoms with E-state index in [1.807, 2.05) is 0 Å². The van der Waals surface area contributed by atoms with Crippen LogP contribution in [0.3, 0.4) is 0 Å². The molecule has 0 fully saturated rings. The predicted octanol–water partition coefficient (Wildman–Crippen LogP) is 1.20. The van der Waals surface area contributed by atoms with Crippen molar-refractivity contribution in [1.82, 2.24) is 9.97 Å². The summed E-state index contributed by atoms with van der Waals surface area (Å²) >= 11 is 0. The van der Waals surface area contributed by atoms with Crippen molar-refractivity contribution < 1.29 is 14.3 Å². The van der Waals surface area contributed by atoms with Gasteiger partial charge in [0.25, 0.3) is 5.91 Å². The third-order valence-corrected chi connectivity index (χ3v) is 2.77. The second-order valence-electron chi connectivity index (χ2n) is 4.13. The van der Waals surface area contributed by atoms with Gasteiger partial charge in [-0.2, -0.15) is 9.97 Å². The van der Waals surface area contributed by atoms with E-state index in [9.17, 15) is 4.79 Å². The number of nitrogens with zero attached hydrogens (tertiary/aromatic N) is 2. The summed E-state index contributed by atoms with van der Waals surface area (Å²) in [7, 11) is 2.94. The van der Waals surface area contributed by atoms with Crippen molar-refractivity contribution in [3.8, 4) is 11.8 Å². The Balaban J connectivity index is 2.18. The third kappa shape index (κ3) is 3.67. The molecule has 0 saturated carbocycles. The largest absolute Gasteiger partial charge is 0.481 e. The molecule has 0 saturated heterocycles. The smallest absolute Gasteiger partial charge is 0.258 e. The molecule has 1 aromatic carbocycles. The van der Waals surface area contributed by atoms with Gasteiger partial charge in [0, 0.05) is 12.1 Å². The van der Waals surface area contributed by atoms with Gasteiger partial charge in [-0.15, -0.1) is 0 Å². The first-order valence-corrected chi connectivity index (χ1v) is 6.23. The van der Waals surface area contributed by atoms with Crippen LogP contribution in [-0.4, -0.2) is 30.1 Å². The molecule has 0 bridgehead atoms. The number of nitrogens with two attached hydrogens (primary N) is 1. The summed E-state index contributed by atoms with van der Waals surface area (Å²) in [5.41, 5.74) is 6.95. The van der Waals surface area contributed by atoms with Crippen LogP contribution >= 0.6 is 0 Å². The van der Waals surface area contributed by atoms with Crippen LogP contribution in [0.15, 0.2) is 30.3 Å². The Morgan fingerprint density at radius 1 is 1.14 bits per heavy atom. The van der Waals surface area contributed by atoms with Crippen molar-refractivity contribution in [2.75, 3.05) is 19.5 Å². The molecule has 21 heavy (non-hydrogen) atoms. The summed E-state index contributed by atoms with van der Waals surface area (Å²) in [6.45, 7) is 0.429. The molecule has 110 valence electrons. The fourth-order valence-electron chi connectivity index (χ4n) is 1.63. The highest BCUT2D eigenvalue weighted by Crippen LogP contribution is 2.17. The first kappa shape index (κ1) is 14.7. The molecule has 0 aliphatic carbocycles. The van der Waals surface area contributed by atoms with Crippen molar-refractivity contribution in [3.63, 3.8) is 0 Å². The zero-order valence-electron chi connectivity index (χ0n) is 11.8. The molecule has 7 heteroatoms. The predicted molar refractivity (Wildman–Crippen MR) is 77.4 cm³/mol. The Morgan fingerprint density at radius 2 is 1.71 bits per heavy atom. The summed E-state index contributed by atoms with van der Waals surface area (Å²) in [5.74, 6) is 0.388. The van der Waals surface area contributed by atoms with Crippen molar-refractivity contribution in [3.05, 3.63) is 41.5 Å². The third-order valence-electron chi connectivity index (χ3n) is 2.77. The molecular formula is C14H16N4O3. The molecule has 1 heterocycles. The second-order valence-corrected chi connectivity index (χ2v) is 4.13. The van der Waals surface area contributed by atoms with Crippen LogP contribution in [-0.2, 0) is 6.54 Å². The molecule has 0 unspecified atom stereocenters. The van der Waals surface area contributed by atoms with E-state index in [0.29, 0.717) is 23.9 Å². The van der Waals surface area contributed by atoms with Crippen LogP contribution in [0.5, 0.6) is 11.8 Å². The Bertz CT molecular complexity index is 606. The molecule has 1 aromatic heterocycles. The van der Waals surface area contributed by atoms with Gasteiger partial charge in [0.15, 0.2) is 0 Å². The molecule has 2 rings (SSSR count). The SMILES string of the molecule is COc1cc(OC)nc(NC(=O)c2ccc(CN)cc2)n1. The molecule has 7 nitrogen and oxygen atoms in total. The lowest BCUT2D eigenvalue weighted by molar-refractivity contribution is 0.102. The maximum Gasteiger partial charge on any atom is 0.258 e. The highest BCUT2D eigenvalue weighted by Gasteiger charge is 2.10. The van der Waals surface area contributed by atoms with Gasteiger partial charge in [-0.25, -0.2) is 0 Å². The monoisotopic (exact) mass is 288 g/mol. The lowest BCUT2D eigenvalue weighted by Gasteiger charge is -2.08. The Kier molecular flexibility index (Phi) is 4.68. The first-order chi connectivity index (χ1) is 10.2. The highest BCUT2D eigenvalue weighted by molar-refractivity contribution is 6.03. The normalized spacial score (nSPS) is 10.0. The van der Waals surface area contributed by atoms with Crippen molar-refractivity contribution in [1.29, 1.82) is 0 Å². The van der Waals surface area contributed by atoms with Crippen molar-refractivity contribution in [2.24, 2.45) is 5.73 Å². The number of benzene rings is 1. The Hall–Kier alpha value is -2.67. The van der Waals surface area contributed by atoms with Crippen molar-refractivity contribution in [2.45, 2.75) is 6.54 Å². The van der Waals surface area contributed by atoms with Crippen LogP contribution in [0.1, 0.15) is 15.9 Å². The summed E-state index contributed by atoms with van der Waals surface area (Å²) in [5, 5.41) is 2.59.